The maximum absolute atomic E-state index is 10.5. The third-order valence-electron chi connectivity index (χ3n) is 1.25. The Kier molecular flexibility index (Phi) is 3.68. The Morgan fingerprint density at radius 3 is 3.00 bits per heavy atom. The lowest BCUT2D eigenvalue weighted by Gasteiger charge is -1.94. The van der Waals surface area contributed by atoms with E-state index in [1.54, 1.807) is 6.20 Å². The number of aromatic amines is 1. The lowest BCUT2D eigenvalue weighted by Crippen LogP contribution is -2.03. The molecule has 0 amide bonds. The molecule has 1 rings (SSSR count). The Labute approximate surface area is 82.6 Å². The first-order chi connectivity index (χ1) is 6.58. The number of hydrogen-bond acceptors (Lipinski definition) is 4. The molecule has 0 bridgehead atoms. The van der Waals surface area contributed by atoms with Crippen molar-refractivity contribution in [2.24, 2.45) is 0 Å². The summed E-state index contributed by atoms with van der Waals surface area (Å²) in [5.41, 5.74) is 0.698. The van der Waals surface area contributed by atoms with Crippen LogP contribution in [0.1, 0.15) is 12.1 Å². The molecule has 0 aromatic carbocycles. The zero-order chi connectivity index (χ0) is 10.4. The van der Waals surface area contributed by atoms with Gasteiger partial charge in [-0.1, -0.05) is 5.92 Å². The molecule has 1 heterocycles. The highest BCUT2D eigenvalue weighted by Gasteiger charge is 1.98. The zero-order valence-electron chi connectivity index (χ0n) is 7.65. The molecule has 0 spiro atoms. The number of H-pyrrole nitrogens is 1. The van der Waals surface area contributed by atoms with Crippen LogP contribution in [-0.4, -0.2) is 31.2 Å². The van der Waals surface area contributed by atoms with E-state index in [1.807, 2.05) is 0 Å². The van der Waals surface area contributed by atoms with E-state index in [-0.39, 0.29) is 6.61 Å². The third-order valence-corrected chi connectivity index (χ3v) is 1.84. The number of aromatic nitrogens is 2. The quantitative estimate of drug-likeness (QED) is 0.441. The second-order valence-electron chi connectivity index (χ2n) is 2.54. The van der Waals surface area contributed by atoms with Crippen molar-refractivity contribution in [3.63, 3.8) is 0 Å². The molecule has 1 aromatic rings. The fourth-order valence-electron chi connectivity index (χ4n) is 0.726. The Morgan fingerprint density at radius 2 is 2.43 bits per heavy atom. The summed E-state index contributed by atoms with van der Waals surface area (Å²) in [5.74, 6) is 5.52. The number of imidazole rings is 1. The van der Waals surface area contributed by atoms with E-state index < -0.39 is 10.1 Å². The van der Waals surface area contributed by atoms with Crippen molar-refractivity contribution >= 4 is 10.1 Å². The van der Waals surface area contributed by atoms with Gasteiger partial charge in [-0.3, -0.25) is 4.18 Å². The molecule has 0 aliphatic carbocycles. The van der Waals surface area contributed by atoms with Gasteiger partial charge >= 0.3 is 0 Å². The van der Waals surface area contributed by atoms with Crippen LogP contribution in [-0.2, 0) is 14.3 Å². The van der Waals surface area contributed by atoms with Crippen molar-refractivity contribution in [3.05, 3.63) is 18.2 Å². The molecule has 0 aliphatic heterocycles. The molecule has 14 heavy (non-hydrogen) atoms. The predicted octanol–water partition coefficient (Wildman–Crippen LogP) is 0.128. The SMILES string of the molecule is CS(=O)(=O)OCCC#Cc1cnc[nH]1. The van der Waals surface area contributed by atoms with Gasteiger partial charge in [-0.2, -0.15) is 8.42 Å². The number of rotatable bonds is 3. The van der Waals surface area contributed by atoms with Crippen molar-refractivity contribution in [2.45, 2.75) is 6.42 Å². The molecule has 0 aliphatic rings. The second kappa shape index (κ2) is 4.79. The first-order valence-electron chi connectivity index (χ1n) is 3.89. The van der Waals surface area contributed by atoms with E-state index in [4.69, 9.17) is 0 Å². The van der Waals surface area contributed by atoms with Crippen molar-refractivity contribution in [1.29, 1.82) is 0 Å². The highest BCUT2D eigenvalue weighted by atomic mass is 32.2. The second-order valence-corrected chi connectivity index (χ2v) is 4.19. The molecule has 1 aromatic heterocycles. The minimum Gasteiger partial charge on any atom is -0.338 e. The molecule has 0 saturated carbocycles. The van der Waals surface area contributed by atoms with Crippen LogP contribution in [0.25, 0.3) is 0 Å². The molecule has 5 nitrogen and oxygen atoms in total. The van der Waals surface area contributed by atoms with Gasteiger partial charge in [-0.05, 0) is 5.92 Å². The minimum atomic E-state index is -3.35. The summed E-state index contributed by atoms with van der Waals surface area (Å²) in [6.45, 7) is 0.0833. The summed E-state index contributed by atoms with van der Waals surface area (Å²) in [7, 11) is -3.35. The lowest BCUT2D eigenvalue weighted by molar-refractivity contribution is 0.330. The third kappa shape index (κ3) is 4.64. The summed E-state index contributed by atoms with van der Waals surface area (Å²) in [6, 6.07) is 0. The Bertz CT molecular complexity index is 425. The number of nitrogens with zero attached hydrogens (tertiary/aromatic N) is 1. The summed E-state index contributed by atoms with van der Waals surface area (Å²) in [4.78, 5) is 6.58. The van der Waals surface area contributed by atoms with Gasteiger partial charge in [0.15, 0.2) is 0 Å². The largest absolute Gasteiger partial charge is 0.338 e. The Hall–Kier alpha value is -1.32. The first kappa shape index (κ1) is 10.8. The van der Waals surface area contributed by atoms with E-state index >= 15 is 0 Å². The minimum absolute atomic E-state index is 0.0833. The summed E-state index contributed by atoms with van der Waals surface area (Å²) < 4.78 is 25.6. The smallest absolute Gasteiger partial charge is 0.264 e. The summed E-state index contributed by atoms with van der Waals surface area (Å²) >= 11 is 0. The molecule has 0 radical (unpaired) electrons. The lowest BCUT2D eigenvalue weighted by atomic mass is 10.4. The van der Waals surface area contributed by atoms with Gasteiger partial charge in [0, 0.05) is 6.42 Å². The average Bonchev–Trinajstić information content (AvgIpc) is 2.54. The van der Waals surface area contributed by atoms with Gasteiger partial charge in [0.2, 0.25) is 0 Å². The average molecular weight is 214 g/mol. The first-order valence-corrected chi connectivity index (χ1v) is 5.71. The standard InChI is InChI=1S/C8H10N2O3S/c1-14(11,12)13-5-3-2-4-8-6-9-7-10-8/h6-7H,3,5H2,1H3,(H,9,10). The van der Waals surface area contributed by atoms with Gasteiger partial charge in [-0.25, -0.2) is 4.98 Å². The van der Waals surface area contributed by atoms with Gasteiger partial charge < -0.3 is 4.98 Å². The van der Waals surface area contributed by atoms with Crippen LogP contribution in [0.5, 0.6) is 0 Å². The Balaban J connectivity index is 2.28. The molecule has 0 atom stereocenters. The molecule has 0 unspecified atom stereocenters. The highest BCUT2D eigenvalue weighted by molar-refractivity contribution is 7.85. The van der Waals surface area contributed by atoms with Crippen molar-refractivity contribution in [3.8, 4) is 11.8 Å². The molecule has 1 N–H and O–H groups in total. The number of nitrogens with one attached hydrogen (secondary N) is 1. The molecule has 76 valence electrons. The van der Waals surface area contributed by atoms with Gasteiger partial charge in [-0.15, -0.1) is 0 Å². The predicted molar refractivity (Wildman–Crippen MR) is 50.9 cm³/mol. The van der Waals surface area contributed by atoms with E-state index in [9.17, 15) is 8.42 Å². The van der Waals surface area contributed by atoms with E-state index in [0.717, 1.165) is 6.26 Å². The van der Waals surface area contributed by atoms with E-state index in [1.165, 1.54) is 6.33 Å². The molecular weight excluding hydrogens is 204 g/mol. The van der Waals surface area contributed by atoms with Crippen LogP contribution in [0.4, 0.5) is 0 Å². The monoisotopic (exact) mass is 214 g/mol. The molecule has 0 fully saturated rings. The maximum Gasteiger partial charge on any atom is 0.264 e. The van der Waals surface area contributed by atoms with E-state index in [0.29, 0.717) is 12.1 Å². The zero-order valence-corrected chi connectivity index (χ0v) is 8.47. The van der Waals surface area contributed by atoms with Gasteiger partial charge in [0.1, 0.15) is 5.69 Å². The van der Waals surface area contributed by atoms with Crippen LogP contribution in [0.2, 0.25) is 0 Å². The fraction of sp³-hybridized carbons (Fsp3) is 0.375. The Morgan fingerprint density at radius 1 is 1.64 bits per heavy atom. The summed E-state index contributed by atoms with van der Waals surface area (Å²) in [5, 5.41) is 0. The van der Waals surface area contributed by atoms with Crippen LogP contribution in [0.15, 0.2) is 12.5 Å². The van der Waals surface area contributed by atoms with Crippen LogP contribution in [0.3, 0.4) is 0 Å². The van der Waals surface area contributed by atoms with Crippen molar-refractivity contribution < 1.29 is 12.6 Å². The van der Waals surface area contributed by atoms with Crippen molar-refractivity contribution in [2.75, 3.05) is 12.9 Å². The topological polar surface area (TPSA) is 72.1 Å². The van der Waals surface area contributed by atoms with E-state index in [2.05, 4.69) is 26.0 Å². The normalized spacial score (nSPS) is 10.6. The van der Waals surface area contributed by atoms with Crippen molar-refractivity contribution in [1.82, 2.24) is 9.97 Å². The van der Waals surface area contributed by atoms with Crippen LogP contribution < -0.4 is 0 Å². The van der Waals surface area contributed by atoms with Gasteiger partial charge in [0.25, 0.3) is 10.1 Å². The molecule has 0 saturated heterocycles. The summed E-state index contributed by atoms with van der Waals surface area (Å²) in [6.07, 6.45) is 4.49. The number of hydrogen-bond donors (Lipinski definition) is 1. The molecular formula is C8H10N2O3S. The van der Waals surface area contributed by atoms with Crippen LogP contribution >= 0.6 is 0 Å². The molecule has 6 heteroatoms. The fourth-order valence-corrected chi connectivity index (χ4v) is 1.11. The maximum atomic E-state index is 10.5. The highest BCUT2D eigenvalue weighted by Crippen LogP contribution is 1.90. The van der Waals surface area contributed by atoms with Crippen LogP contribution in [0, 0.1) is 11.8 Å². The van der Waals surface area contributed by atoms with Gasteiger partial charge in [0.05, 0.1) is 25.4 Å².